The lowest BCUT2D eigenvalue weighted by atomic mass is 9.75. The Morgan fingerprint density at radius 1 is 1.07 bits per heavy atom. The summed E-state index contributed by atoms with van der Waals surface area (Å²) in [6, 6.07) is 3.42. The standard InChI is InChI=1S/C20H18F4O5S/c21-11-7-12(22)9-13(8-11)30(26,27)20-4-6-28-17(3-5-25)14(20)10-29-19-16(24)2-1-15(23)18(19)20/h1-2,7-9,14,17,25H,3-6,10H2/t14-,17-,20-/m1/s1. The van der Waals surface area contributed by atoms with E-state index in [2.05, 4.69) is 0 Å². The van der Waals surface area contributed by atoms with Crippen LogP contribution in [0.3, 0.4) is 0 Å². The highest BCUT2D eigenvalue weighted by atomic mass is 32.2. The maximum Gasteiger partial charge on any atom is 0.189 e. The van der Waals surface area contributed by atoms with Gasteiger partial charge in [0, 0.05) is 25.2 Å². The molecule has 0 spiro atoms. The number of halogens is 4. The highest BCUT2D eigenvalue weighted by Gasteiger charge is 2.61. The van der Waals surface area contributed by atoms with Crippen LogP contribution in [0, 0.1) is 29.2 Å². The molecule has 2 heterocycles. The van der Waals surface area contributed by atoms with Crippen molar-refractivity contribution in [3.8, 4) is 5.75 Å². The van der Waals surface area contributed by atoms with Gasteiger partial charge in [-0.25, -0.2) is 26.0 Å². The summed E-state index contributed by atoms with van der Waals surface area (Å²) in [5, 5.41) is 9.38. The number of benzene rings is 2. The third-order valence-corrected chi connectivity index (χ3v) is 8.31. The number of ether oxygens (including phenoxy) is 2. The van der Waals surface area contributed by atoms with Gasteiger partial charge in [0.1, 0.15) is 22.2 Å². The van der Waals surface area contributed by atoms with Crippen LogP contribution in [0.1, 0.15) is 18.4 Å². The van der Waals surface area contributed by atoms with Gasteiger partial charge in [0.05, 0.1) is 23.2 Å². The molecule has 5 nitrogen and oxygen atoms in total. The van der Waals surface area contributed by atoms with E-state index < -0.39 is 66.1 Å². The van der Waals surface area contributed by atoms with Crippen molar-refractivity contribution in [1.29, 1.82) is 0 Å². The molecular weight excluding hydrogens is 428 g/mol. The van der Waals surface area contributed by atoms with Gasteiger partial charge in [-0.1, -0.05) is 0 Å². The quantitative estimate of drug-likeness (QED) is 0.731. The Morgan fingerprint density at radius 3 is 2.40 bits per heavy atom. The topological polar surface area (TPSA) is 72.8 Å². The molecule has 0 amide bonds. The number of rotatable bonds is 4. The monoisotopic (exact) mass is 446 g/mol. The maximum atomic E-state index is 15.0. The second-order valence-electron chi connectivity index (χ2n) is 7.32. The number of sulfone groups is 1. The first-order valence-electron chi connectivity index (χ1n) is 9.27. The van der Waals surface area contributed by atoms with Crippen LogP contribution < -0.4 is 4.74 Å². The number of hydrogen-bond acceptors (Lipinski definition) is 5. The molecule has 1 fully saturated rings. The van der Waals surface area contributed by atoms with Gasteiger partial charge >= 0.3 is 0 Å². The van der Waals surface area contributed by atoms with Crippen molar-refractivity contribution >= 4 is 9.84 Å². The first-order chi connectivity index (χ1) is 14.2. The highest BCUT2D eigenvalue weighted by Crippen LogP contribution is 2.55. The minimum Gasteiger partial charge on any atom is -0.490 e. The van der Waals surface area contributed by atoms with E-state index in [1.807, 2.05) is 0 Å². The molecule has 1 N–H and O–H groups in total. The van der Waals surface area contributed by atoms with E-state index >= 15 is 4.39 Å². The van der Waals surface area contributed by atoms with E-state index in [1.54, 1.807) is 0 Å². The summed E-state index contributed by atoms with van der Waals surface area (Å²) in [5.74, 6) is -5.79. The van der Waals surface area contributed by atoms with Crippen LogP contribution in [0.25, 0.3) is 0 Å². The van der Waals surface area contributed by atoms with Crippen molar-refractivity contribution in [2.24, 2.45) is 5.92 Å². The third kappa shape index (κ3) is 3.00. The molecule has 0 bridgehead atoms. The first kappa shape index (κ1) is 21.1. The van der Waals surface area contributed by atoms with Crippen molar-refractivity contribution in [3.05, 3.63) is 59.2 Å². The first-order valence-corrected chi connectivity index (χ1v) is 10.7. The lowest BCUT2D eigenvalue weighted by Gasteiger charge is -2.50. The molecule has 2 aromatic carbocycles. The highest BCUT2D eigenvalue weighted by molar-refractivity contribution is 7.92. The predicted molar refractivity (Wildman–Crippen MR) is 96.6 cm³/mol. The Morgan fingerprint density at radius 2 is 1.73 bits per heavy atom. The molecule has 2 aliphatic rings. The summed E-state index contributed by atoms with van der Waals surface area (Å²) < 4.78 is 93.8. The number of hydrogen-bond donors (Lipinski definition) is 1. The Bertz CT molecular complexity index is 1070. The Kier molecular flexibility index (Phi) is 5.27. The minimum atomic E-state index is -4.66. The fourth-order valence-electron chi connectivity index (χ4n) is 4.53. The van der Waals surface area contributed by atoms with E-state index in [4.69, 9.17) is 9.47 Å². The van der Waals surface area contributed by atoms with Crippen molar-refractivity contribution in [2.75, 3.05) is 19.8 Å². The fourth-order valence-corrected chi connectivity index (χ4v) is 6.92. The van der Waals surface area contributed by atoms with E-state index in [9.17, 15) is 26.7 Å². The van der Waals surface area contributed by atoms with Gasteiger partial charge in [0.25, 0.3) is 0 Å². The van der Waals surface area contributed by atoms with Crippen molar-refractivity contribution < 1.29 is 40.6 Å². The van der Waals surface area contributed by atoms with Crippen LogP contribution in [0.2, 0.25) is 0 Å². The molecule has 0 radical (unpaired) electrons. The van der Waals surface area contributed by atoms with Crippen molar-refractivity contribution in [1.82, 2.24) is 0 Å². The van der Waals surface area contributed by atoms with Crippen LogP contribution in [0.4, 0.5) is 17.6 Å². The second-order valence-corrected chi connectivity index (χ2v) is 9.53. The molecule has 162 valence electrons. The lowest BCUT2D eigenvalue weighted by molar-refractivity contribution is -0.0806. The van der Waals surface area contributed by atoms with Crippen LogP contribution in [0.15, 0.2) is 35.2 Å². The second kappa shape index (κ2) is 7.51. The minimum absolute atomic E-state index is 0.0229. The van der Waals surface area contributed by atoms with Crippen LogP contribution in [-0.2, 0) is 19.3 Å². The number of fused-ring (bicyclic) bond motifs is 3. The molecule has 10 heteroatoms. The van der Waals surface area contributed by atoms with E-state index in [-0.39, 0.29) is 32.7 Å². The zero-order valence-corrected chi connectivity index (χ0v) is 16.4. The molecule has 0 aromatic heterocycles. The van der Waals surface area contributed by atoms with Gasteiger partial charge in [-0.15, -0.1) is 0 Å². The van der Waals surface area contributed by atoms with E-state index in [1.165, 1.54) is 0 Å². The summed E-state index contributed by atoms with van der Waals surface area (Å²) in [6.07, 6.45) is -1.11. The van der Waals surface area contributed by atoms with Crippen LogP contribution in [-0.4, -0.2) is 39.4 Å². The molecule has 0 saturated carbocycles. The fraction of sp³-hybridized carbons (Fsp3) is 0.400. The molecule has 2 aromatic rings. The van der Waals surface area contributed by atoms with Gasteiger partial charge in [0.2, 0.25) is 0 Å². The average molecular weight is 446 g/mol. The van der Waals surface area contributed by atoms with E-state index in [0.29, 0.717) is 18.2 Å². The number of aliphatic hydroxyl groups is 1. The van der Waals surface area contributed by atoms with Gasteiger partial charge in [0.15, 0.2) is 21.4 Å². The Balaban J connectivity index is 2.04. The molecule has 0 aliphatic carbocycles. The summed E-state index contributed by atoms with van der Waals surface area (Å²) in [7, 11) is -4.66. The van der Waals surface area contributed by atoms with Crippen molar-refractivity contribution in [3.63, 3.8) is 0 Å². The largest absolute Gasteiger partial charge is 0.490 e. The molecule has 3 atom stereocenters. The summed E-state index contributed by atoms with van der Waals surface area (Å²) >= 11 is 0. The number of aliphatic hydroxyl groups excluding tert-OH is 1. The molecule has 0 unspecified atom stereocenters. The van der Waals surface area contributed by atoms with Gasteiger partial charge in [-0.2, -0.15) is 0 Å². The normalized spacial score (nSPS) is 25.9. The smallest absolute Gasteiger partial charge is 0.189 e. The van der Waals surface area contributed by atoms with Gasteiger partial charge < -0.3 is 14.6 Å². The predicted octanol–water partition coefficient (Wildman–Crippen LogP) is 3.09. The molecular formula is C20H18F4O5S. The molecule has 4 rings (SSSR count). The third-order valence-electron chi connectivity index (χ3n) is 5.78. The Labute approximate surface area is 170 Å². The summed E-state index contributed by atoms with van der Waals surface area (Å²) in [6.45, 7) is -0.826. The average Bonchev–Trinajstić information content (AvgIpc) is 2.69. The molecule has 1 saturated heterocycles. The van der Waals surface area contributed by atoms with Gasteiger partial charge in [-0.3, -0.25) is 0 Å². The molecule has 2 aliphatic heterocycles. The zero-order valence-electron chi connectivity index (χ0n) is 15.6. The lowest BCUT2D eigenvalue weighted by Crippen LogP contribution is -2.57. The van der Waals surface area contributed by atoms with Crippen LogP contribution >= 0.6 is 0 Å². The maximum absolute atomic E-state index is 15.0. The van der Waals surface area contributed by atoms with E-state index in [0.717, 1.165) is 12.1 Å². The van der Waals surface area contributed by atoms with Crippen LogP contribution in [0.5, 0.6) is 5.75 Å². The summed E-state index contributed by atoms with van der Waals surface area (Å²) in [5.41, 5.74) is -0.519. The Hall–Kier alpha value is -2.17. The molecule has 30 heavy (non-hydrogen) atoms. The SMILES string of the molecule is O=S(=O)(c1cc(F)cc(F)c1)[C@]12CCO[C@H](CCO)[C@H]1COc1c(F)ccc(F)c12. The summed E-state index contributed by atoms with van der Waals surface area (Å²) in [4.78, 5) is -0.689. The van der Waals surface area contributed by atoms with Gasteiger partial charge in [-0.05, 0) is 37.1 Å². The zero-order chi connectivity index (χ0) is 21.7. The van der Waals surface area contributed by atoms with Crippen molar-refractivity contribution in [2.45, 2.75) is 28.6 Å².